The maximum absolute atomic E-state index is 4.93. The number of hydrogen-bond acceptors (Lipinski definition) is 2. The Hall–Kier alpha value is -2.61. The van der Waals surface area contributed by atoms with E-state index in [1.54, 1.807) is 0 Å². The van der Waals surface area contributed by atoms with Crippen LogP contribution in [0.2, 0.25) is 0 Å². The molecule has 2 aromatic carbocycles. The molecular weight excluding hydrogens is 316 g/mol. The van der Waals surface area contributed by atoms with Crippen LogP contribution in [0, 0.1) is 13.8 Å². The van der Waals surface area contributed by atoms with E-state index in [9.17, 15) is 0 Å². The topological polar surface area (TPSA) is 24.9 Å². The molecule has 2 nitrogen and oxygen atoms in total. The number of aryl methyl sites for hydroxylation is 2. The van der Waals surface area contributed by atoms with Gasteiger partial charge in [-0.25, -0.2) is 4.98 Å². The van der Waals surface area contributed by atoms with Crippen LogP contribution in [0.3, 0.4) is 0 Å². The monoisotopic (exact) mass is 346 g/mol. The smallest absolute Gasteiger partial charge is 0.0940 e. The van der Waals surface area contributed by atoms with E-state index in [-0.39, 0.29) is 0 Å². The van der Waals surface area contributed by atoms with E-state index in [2.05, 4.69) is 94.5 Å². The van der Waals surface area contributed by atoms with Crippen LogP contribution in [-0.4, -0.2) is 12.0 Å². The zero-order valence-corrected chi connectivity index (χ0v) is 16.9. The predicted octanol–water partition coefficient (Wildman–Crippen LogP) is 6.76. The molecule has 2 heteroatoms. The second-order valence-electron chi connectivity index (χ2n) is 6.55. The van der Waals surface area contributed by atoms with Crippen molar-refractivity contribution in [2.24, 2.45) is 0 Å². The lowest BCUT2D eigenvalue weighted by atomic mass is 9.95. The van der Waals surface area contributed by atoms with Crippen LogP contribution in [0.1, 0.15) is 49.6 Å². The number of para-hydroxylation sites is 1. The minimum atomic E-state index is 1.01. The van der Waals surface area contributed by atoms with Gasteiger partial charge in [0.05, 0.1) is 16.9 Å². The second-order valence-corrected chi connectivity index (χ2v) is 6.55. The van der Waals surface area contributed by atoms with E-state index >= 15 is 0 Å². The first kappa shape index (κ1) is 19.7. The summed E-state index contributed by atoms with van der Waals surface area (Å²) in [5, 5.41) is 4.38. The summed E-state index contributed by atoms with van der Waals surface area (Å²) in [6.45, 7) is 10.6. The van der Waals surface area contributed by atoms with Crippen molar-refractivity contribution in [1.29, 1.82) is 0 Å². The standard InChI is InChI=1S/C21H22N2.C3H8/c1-5-17(18-13-14(2)9-10-15(18)3)19-12-11-16-7-6-8-20(22-4)21(16)23-19;1-3-2/h5-13,22H,1-4H3;3H2,1-2H3/b17-5+;. The molecule has 0 aliphatic carbocycles. The van der Waals surface area contributed by atoms with E-state index in [0.29, 0.717) is 0 Å². The molecule has 136 valence electrons. The number of pyridine rings is 1. The van der Waals surface area contributed by atoms with E-state index in [1.165, 1.54) is 28.7 Å². The summed E-state index contributed by atoms with van der Waals surface area (Å²) in [7, 11) is 1.93. The van der Waals surface area contributed by atoms with Gasteiger partial charge < -0.3 is 5.32 Å². The Morgan fingerprint density at radius 3 is 2.42 bits per heavy atom. The highest BCUT2D eigenvalue weighted by Crippen LogP contribution is 2.29. The van der Waals surface area contributed by atoms with Gasteiger partial charge in [0, 0.05) is 18.0 Å². The Kier molecular flexibility index (Phi) is 6.97. The number of benzene rings is 2. The Morgan fingerprint density at radius 1 is 1.04 bits per heavy atom. The van der Waals surface area contributed by atoms with Crippen LogP contribution in [0.5, 0.6) is 0 Å². The maximum Gasteiger partial charge on any atom is 0.0940 e. The summed E-state index contributed by atoms with van der Waals surface area (Å²) in [6, 6.07) is 17.0. The van der Waals surface area contributed by atoms with Gasteiger partial charge in [-0.15, -0.1) is 0 Å². The van der Waals surface area contributed by atoms with E-state index in [1.807, 2.05) is 7.05 Å². The molecule has 1 heterocycles. The van der Waals surface area contributed by atoms with Gasteiger partial charge in [-0.3, -0.25) is 0 Å². The van der Waals surface area contributed by atoms with Crippen molar-refractivity contribution in [3.8, 4) is 0 Å². The molecule has 0 bridgehead atoms. The fourth-order valence-electron chi connectivity index (χ4n) is 2.97. The highest BCUT2D eigenvalue weighted by molar-refractivity contribution is 5.92. The lowest BCUT2D eigenvalue weighted by molar-refractivity contribution is 1.09. The minimum absolute atomic E-state index is 1.01. The molecule has 0 unspecified atom stereocenters. The van der Waals surface area contributed by atoms with Crippen LogP contribution in [0.25, 0.3) is 16.5 Å². The SMILES string of the molecule is C/C=C(/c1ccc2cccc(NC)c2n1)c1cc(C)ccc1C.CCC. The van der Waals surface area contributed by atoms with Crippen LogP contribution in [0.15, 0.2) is 54.6 Å². The van der Waals surface area contributed by atoms with Crippen LogP contribution < -0.4 is 5.32 Å². The third-order valence-electron chi connectivity index (χ3n) is 4.24. The van der Waals surface area contributed by atoms with Gasteiger partial charge in [0.15, 0.2) is 0 Å². The number of hydrogen-bond donors (Lipinski definition) is 1. The zero-order valence-electron chi connectivity index (χ0n) is 16.9. The van der Waals surface area contributed by atoms with Gasteiger partial charge in [0.2, 0.25) is 0 Å². The molecule has 3 rings (SSSR count). The quantitative estimate of drug-likeness (QED) is 0.566. The van der Waals surface area contributed by atoms with Crippen LogP contribution >= 0.6 is 0 Å². The molecule has 1 N–H and O–H groups in total. The molecule has 3 aromatic rings. The molecule has 0 fully saturated rings. The normalized spacial score (nSPS) is 11.1. The summed E-state index contributed by atoms with van der Waals surface area (Å²) >= 11 is 0. The molecule has 0 spiro atoms. The molecule has 0 saturated heterocycles. The third-order valence-corrected chi connectivity index (χ3v) is 4.24. The van der Waals surface area contributed by atoms with Gasteiger partial charge in [-0.1, -0.05) is 68.3 Å². The first-order chi connectivity index (χ1) is 12.5. The number of fused-ring (bicyclic) bond motifs is 1. The molecule has 0 aliphatic rings. The molecule has 0 atom stereocenters. The van der Waals surface area contributed by atoms with Crippen molar-refractivity contribution in [2.45, 2.75) is 41.0 Å². The number of nitrogens with one attached hydrogen (secondary N) is 1. The molecule has 26 heavy (non-hydrogen) atoms. The van der Waals surface area contributed by atoms with Gasteiger partial charge >= 0.3 is 0 Å². The molecule has 0 aliphatic heterocycles. The van der Waals surface area contributed by atoms with Crippen molar-refractivity contribution >= 4 is 22.2 Å². The first-order valence-electron chi connectivity index (χ1n) is 9.37. The predicted molar refractivity (Wildman–Crippen MR) is 116 cm³/mol. The van der Waals surface area contributed by atoms with E-state index in [0.717, 1.165) is 22.3 Å². The van der Waals surface area contributed by atoms with Crippen LogP contribution in [-0.2, 0) is 0 Å². The summed E-state index contributed by atoms with van der Waals surface area (Å²) in [6.07, 6.45) is 3.40. The maximum atomic E-state index is 4.93. The lowest BCUT2D eigenvalue weighted by Gasteiger charge is -2.13. The van der Waals surface area contributed by atoms with Gasteiger partial charge in [0.1, 0.15) is 0 Å². The number of rotatable bonds is 3. The summed E-state index contributed by atoms with van der Waals surface area (Å²) in [5.74, 6) is 0. The molecular formula is C24H30N2. The highest BCUT2D eigenvalue weighted by atomic mass is 14.9. The van der Waals surface area contributed by atoms with Crippen molar-refractivity contribution in [2.75, 3.05) is 12.4 Å². The minimum Gasteiger partial charge on any atom is -0.386 e. The van der Waals surface area contributed by atoms with Crippen molar-refractivity contribution < 1.29 is 0 Å². The first-order valence-corrected chi connectivity index (χ1v) is 9.37. The third kappa shape index (κ3) is 4.32. The number of aromatic nitrogens is 1. The molecule has 0 radical (unpaired) electrons. The second kappa shape index (κ2) is 9.19. The largest absolute Gasteiger partial charge is 0.386 e. The van der Waals surface area contributed by atoms with Gasteiger partial charge in [-0.05, 0) is 44.0 Å². The molecule has 0 amide bonds. The van der Waals surface area contributed by atoms with E-state index < -0.39 is 0 Å². The highest BCUT2D eigenvalue weighted by Gasteiger charge is 2.11. The number of nitrogens with zero attached hydrogens (tertiary/aromatic N) is 1. The lowest BCUT2D eigenvalue weighted by Crippen LogP contribution is -1.97. The van der Waals surface area contributed by atoms with Gasteiger partial charge in [-0.2, -0.15) is 0 Å². The average molecular weight is 347 g/mol. The summed E-state index contributed by atoms with van der Waals surface area (Å²) in [5.41, 5.74) is 8.05. The summed E-state index contributed by atoms with van der Waals surface area (Å²) < 4.78 is 0. The van der Waals surface area contributed by atoms with Crippen molar-refractivity contribution in [3.63, 3.8) is 0 Å². The molecule has 0 saturated carbocycles. The van der Waals surface area contributed by atoms with Crippen LogP contribution in [0.4, 0.5) is 5.69 Å². The molecule has 1 aromatic heterocycles. The summed E-state index contributed by atoms with van der Waals surface area (Å²) in [4.78, 5) is 4.93. The van der Waals surface area contributed by atoms with Crippen molar-refractivity contribution in [3.05, 3.63) is 77.0 Å². The zero-order chi connectivity index (χ0) is 19.1. The van der Waals surface area contributed by atoms with E-state index in [4.69, 9.17) is 4.98 Å². The Morgan fingerprint density at radius 2 is 1.77 bits per heavy atom. The Labute approximate surface area is 158 Å². The number of anilines is 1. The number of allylic oxidation sites excluding steroid dienone is 1. The fourth-order valence-corrected chi connectivity index (χ4v) is 2.97. The van der Waals surface area contributed by atoms with Crippen molar-refractivity contribution in [1.82, 2.24) is 4.98 Å². The fraction of sp³-hybridized carbons (Fsp3) is 0.292. The average Bonchev–Trinajstić information content (AvgIpc) is 2.65. The Balaban J connectivity index is 0.000000758. The Bertz CT molecular complexity index is 907. The van der Waals surface area contributed by atoms with Gasteiger partial charge in [0.25, 0.3) is 0 Å².